The zero-order chi connectivity index (χ0) is 24.7. The SMILES string of the molecule is Cc1ccc(-n2c(SCC(=O)Nc3ccc(OCc4ccccc4)cc3)nnc2-c2ccco2)cc1. The fourth-order valence-corrected chi connectivity index (χ4v) is 4.31. The van der Waals surface area contributed by atoms with Crippen LogP contribution in [0.15, 0.2) is 107 Å². The Morgan fingerprint density at radius 2 is 1.72 bits per heavy atom. The van der Waals surface area contributed by atoms with E-state index in [0.717, 1.165) is 22.6 Å². The van der Waals surface area contributed by atoms with Crippen LogP contribution in [-0.2, 0) is 11.4 Å². The largest absolute Gasteiger partial charge is 0.489 e. The van der Waals surface area contributed by atoms with Gasteiger partial charge >= 0.3 is 0 Å². The number of rotatable bonds is 9. The van der Waals surface area contributed by atoms with Crippen LogP contribution in [0.1, 0.15) is 11.1 Å². The number of carbonyl (C=O) groups is 1. The average Bonchev–Trinajstić information content (AvgIpc) is 3.58. The van der Waals surface area contributed by atoms with Crippen molar-refractivity contribution in [1.29, 1.82) is 0 Å². The second-order valence-corrected chi connectivity index (χ2v) is 9.03. The van der Waals surface area contributed by atoms with E-state index in [1.165, 1.54) is 11.8 Å². The maximum atomic E-state index is 12.7. The first-order valence-corrected chi connectivity index (χ1v) is 12.4. The molecule has 1 amide bonds. The van der Waals surface area contributed by atoms with Crippen molar-refractivity contribution in [1.82, 2.24) is 14.8 Å². The number of carbonyl (C=O) groups excluding carboxylic acids is 1. The molecule has 0 aliphatic heterocycles. The number of benzene rings is 3. The van der Waals surface area contributed by atoms with Gasteiger partial charge in [0.25, 0.3) is 0 Å². The Hall–Kier alpha value is -4.30. The smallest absolute Gasteiger partial charge is 0.234 e. The second kappa shape index (κ2) is 11.0. The molecule has 8 heteroatoms. The van der Waals surface area contributed by atoms with Gasteiger partial charge in [0.2, 0.25) is 11.7 Å². The summed E-state index contributed by atoms with van der Waals surface area (Å²) in [6, 6.07) is 29.0. The molecule has 5 aromatic rings. The molecular formula is C28H24N4O3S. The minimum absolute atomic E-state index is 0.143. The number of thioether (sulfide) groups is 1. The van der Waals surface area contributed by atoms with E-state index in [4.69, 9.17) is 9.15 Å². The summed E-state index contributed by atoms with van der Waals surface area (Å²) in [5.41, 5.74) is 3.84. The normalized spacial score (nSPS) is 10.8. The fraction of sp³-hybridized carbons (Fsp3) is 0.107. The molecule has 0 saturated heterocycles. The van der Waals surface area contributed by atoms with Crippen LogP contribution in [0.2, 0.25) is 0 Å². The maximum Gasteiger partial charge on any atom is 0.234 e. The van der Waals surface area contributed by atoms with Crippen LogP contribution >= 0.6 is 11.8 Å². The van der Waals surface area contributed by atoms with E-state index in [0.29, 0.717) is 29.0 Å². The maximum absolute atomic E-state index is 12.7. The van der Waals surface area contributed by atoms with Gasteiger partial charge in [-0.15, -0.1) is 10.2 Å². The van der Waals surface area contributed by atoms with Gasteiger partial charge in [0.15, 0.2) is 10.9 Å². The van der Waals surface area contributed by atoms with Crippen molar-refractivity contribution < 1.29 is 13.9 Å². The molecule has 7 nitrogen and oxygen atoms in total. The lowest BCUT2D eigenvalue weighted by atomic mass is 10.2. The molecule has 36 heavy (non-hydrogen) atoms. The summed E-state index contributed by atoms with van der Waals surface area (Å²) >= 11 is 1.31. The first-order valence-electron chi connectivity index (χ1n) is 11.4. The third-order valence-corrected chi connectivity index (χ3v) is 6.31. The summed E-state index contributed by atoms with van der Waals surface area (Å²) in [6.45, 7) is 2.52. The van der Waals surface area contributed by atoms with Crippen molar-refractivity contribution in [2.24, 2.45) is 0 Å². The van der Waals surface area contributed by atoms with Crippen molar-refractivity contribution in [2.45, 2.75) is 18.7 Å². The molecule has 0 fully saturated rings. The Balaban J connectivity index is 1.22. The third-order valence-electron chi connectivity index (χ3n) is 5.39. The van der Waals surface area contributed by atoms with E-state index in [-0.39, 0.29) is 11.7 Å². The highest BCUT2D eigenvalue weighted by molar-refractivity contribution is 7.99. The van der Waals surface area contributed by atoms with Gasteiger partial charge in [0, 0.05) is 11.4 Å². The summed E-state index contributed by atoms with van der Waals surface area (Å²) in [4.78, 5) is 12.7. The van der Waals surface area contributed by atoms with Crippen LogP contribution < -0.4 is 10.1 Å². The monoisotopic (exact) mass is 496 g/mol. The molecule has 5 rings (SSSR count). The molecule has 0 spiro atoms. The molecule has 0 atom stereocenters. The van der Waals surface area contributed by atoms with Gasteiger partial charge < -0.3 is 14.5 Å². The molecule has 180 valence electrons. The van der Waals surface area contributed by atoms with Crippen molar-refractivity contribution >= 4 is 23.4 Å². The summed E-state index contributed by atoms with van der Waals surface area (Å²) < 4.78 is 13.3. The second-order valence-electron chi connectivity index (χ2n) is 8.09. The topological polar surface area (TPSA) is 82.2 Å². The quantitative estimate of drug-likeness (QED) is 0.247. The number of nitrogens with zero attached hydrogens (tertiary/aromatic N) is 3. The molecule has 3 aromatic carbocycles. The van der Waals surface area contributed by atoms with Gasteiger partial charge in [-0.05, 0) is 61.0 Å². The summed E-state index contributed by atoms with van der Waals surface area (Å²) in [6.07, 6.45) is 1.60. The third kappa shape index (κ3) is 5.67. The molecule has 0 bridgehead atoms. The van der Waals surface area contributed by atoms with E-state index in [1.807, 2.05) is 102 Å². The van der Waals surface area contributed by atoms with Gasteiger partial charge in [-0.2, -0.15) is 0 Å². The Morgan fingerprint density at radius 1 is 0.944 bits per heavy atom. The van der Waals surface area contributed by atoms with Crippen LogP contribution in [0, 0.1) is 6.92 Å². The molecule has 2 aromatic heterocycles. The van der Waals surface area contributed by atoms with Crippen molar-refractivity contribution in [3.8, 4) is 23.0 Å². The van der Waals surface area contributed by atoms with Gasteiger partial charge in [-0.1, -0.05) is 59.8 Å². The van der Waals surface area contributed by atoms with Crippen LogP contribution in [0.3, 0.4) is 0 Å². The molecule has 0 saturated carbocycles. The Kier molecular flexibility index (Phi) is 7.14. The molecule has 2 heterocycles. The van der Waals surface area contributed by atoms with E-state index < -0.39 is 0 Å². The molecule has 1 N–H and O–H groups in total. The number of hydrogen-bond donors (Lipinski definition) is 1. The number of anilines is 1. The lowest BCUT2D eigenvalue weighted by Gasteiger charge is -2.10. The van der Waals surface area contributed by atoms with Crippen molar-refractivity contribution in [3.05, 3.63) is 108 Å². The van der Waals surface area contributed by atoms with Crippen molar-refractivity contribution in [2.75, 3.05) is 11.1 Å². The van der Waals surface area contributed by atoms with E-state index in [2.05, 4.69) is 15.5 Å². The predicted molar refractivity (Wildman–Crippen MR) is 140 cm³/mol. The highest BCUT2D eigenvalue weighted by Gasteiger charge is 2.19. The zero-order valence-corrected chi connectivity index (χ0v) is 20.4. The standard InChI is InChI=1S/C28H24N4O3S/c1-20-9-13-23(14-10-20)32-27(25-8-5-17-34-25)30-31-28(32)36-19-26(33)29-22-11-15-24(16-12-22)35-18-21-6-3-2-4-7-21/h2-17H,18-19H2,1H3,(H,29,33). The van der Waals surface area contributed by atoms with Gasteiger partial charge in [0.05, 0.1) is 12.0 Å². The van der Waals surface area contributed by atoms with E-state index in [9.17, 15) is 4.79 Å². The number of aryl methyl sites for hydroxylation is 1. The van der Waals surface area contributed by atoms with E-state index in [1.54, 1.807) is 6.26 Å². The highest BCUT2D eigenvalue weighted by Crippen LogP contribution is 2.28. The van der Waals surface area contributed by atoms with Crippen LogP contribution in [0.4, 0.5) is 5.69 Å². The number of ether oxygens (including phenoxy) is 1. The Bertz CT molecular complexity index is 1410. The van der Waals surface area contributed by atoms with Gasteiger partial charge in [-0.3, -0.25) is 9.36 Å². The average molecular weight is 497 g/mol. The minimum atomic E-state index is -0.143. The van der Waals surface area contributed by atoms with Crippen LogP contribution in [-0.4, -0.2) is 26.4 Å². The highest BCUT2D eigenvalue weighted by atomic mass is 32.2. The number of hydrogen-bond acceptors (Lipinski definition) is 6. The molecule has 0 aliphatic carbocycles. The fourth-order valence-electron chi connectivity index (χ4n) is 3.56. The number of aromatic nitrogens is 3. The lowest BCUT2D eigenvalue weighted by Crippen LogP contribution is -2.14. The van der Waals surface area contributed by atoms with Crippen molar-refractivity contribution in [3.63, 3.8) is 0 Å². The van der Waals surface area contributed by atoms with E-state index >= 15 is 0 Å². The van der Waals surface area contributed by atoms with Crippen LogP contribution in [0.5, 0.6) is 5.75 Å². The lowest BCUT2D eigenvalue weighted by molar-refractivity contribution is -0.113. The summed E-state index contributed by atoms with van der Waals surface area (Å²) in [5, 5.41) is 12.2. The molecule has 0 radical (unpaired) electrons. The Labute approximate surface area is 213 Å². The molecule has 0 aliphatic rings. The predicted octanol–water partition coefficient (Wildman–Crippen LogP) is 6.15. The minimum Gasteiger partial charge on any atom is -0.489 e. The first-order chi connectivity index (χ1) is 17.7. The zero-order valence-electron chi connectivity index (χ0n) is 19.6. The summed E-state index contributed by atoms with van der Waals surface area (Å²) in [5.74, 6) is 1.96. The number of furan rings is 1. The number of amides is 1. The van der Waals surface area contributed by atoms with Gasteiger partial charge in [0.1, 0.15) is 12.4 Å². The summed E-state index contributed by atoms with van der Waals surface area (Å²) in [7, 11) is 0. The number of nitrogens with one attached hydrogen (secondary N) is 1. The van der Waals surface area contributed by atoms with Crippen LogP contribution in [0.25, 0.3) is 17.3 Å². The molecular weight excluding hydrogens is 472 g/mol. The molecule has 0 unspecified atom stereocenters. The van der Waals surface area contributed by atoms with Gasteiger partial charge in [-0.25, -0.2) is 0 Å². The first kappa shape index (κ1) is 23.4. The Morgan fingerprint density at radius 3 is 2.44 bits per heavy atom.